The maximum atomic E-state index is 10.6. The van der Waals surface area contributed by atoms with Crippen LogP contribution in [0.5, 0.6) is 5.75 Å². The summed E-state index contributed by atoms with van der Waals surface area (Å²) in [5.74, 6) is -0.353. The Kier molecular flexibility index (Phi) is 2.51. The van der Waals surface area contributed by atoms with E-state index in [4.69, 9.17) is 0 Å². The van der Waals surface area contributed by atoms with E-state index in [0.717, 1.165) is 0 Å². The molecule has 5 heteroatoms. The van der Waals surface area contributed by atoms with Crippen molar-refractivity contribution >= 4 is 5.82 Å². The predicted octanol–water partition coefficient (Wildman–Crippen LogP) is 2.36. The van der Waals surface area contributed by atoms with Crippen molar-refractivity contribution in [3.63, 3.8) is 0 Å². The molecule has 0 aliphatic heterocycles. The molecule has 5 nitrogen and oxygen atoms in total. The second-order valence-electron chi connectivity index (χ2n) is 3.16. The number of hydrogen-bond donors (Lipinski definition) is 1. The summed E-state index contributed by atoms with van der Waals surface area (Å²) in [5.41, 5.74) is 0.860. The van der Waals surface area contributed by atoms with Crippen LogP contribution >= 0.6 is 0 Å². The van der Waals surface area contributed by atoms with Crippen LogP contribution in [0.25, 0.3) is 11.3 Å². The monoisotopic (exact) mass is 216 g/mol. The zero-order chi connectivity index (χ0) is 11.5. The lowest BCUT2D eigenvalue weighted by molar-refractivity contribution is -0.389. The Morgan fingerprint density at radius 2 is 1.81 bits per heavy atom. The third-order valence-corrected chi connectivity index (χ3v) is 2.09. The van der Waals surface area contributed by atoms with Crippen molar-refractivity contribution in [3.8, 4) is 17.0 Å². The molecule has 2 rings (SSSR count). The first-order valence-corrected chi connectivity index (χ1v) is 4.58. The summed E-state index contributed by atoms with van der Waals surface area (Å²) < 4.78 is 0. The second-order valence-corrected chi connectivity index (χ2v) is 3.16. The molecule has 0 atom stereocenters. The van der Waals surface area contributed by atoms with Crippen LogP contribution in [0.15, 0.2) is 42.5 Å². The van der Waals surface area contributed by atoms with E-state index in [9.17, 15) is 15.2 Å². The number of aromatic hydroxyl groups is 1. The van der Waals surface area contributed by atoms with Crippen LogP contribution < -0.4 is 0 Å². The minimum absolute atomic E-state index is 0.0724. The molecule has 0 saturated heterocycles. The van der Waals surface area contributed by atoms with E-state index >= 15 is 0 Å². The number of nitrogens with zero attached hydrogens (tertiary/aromatic N) is 2. The molecule has 0 aliphatic carbocycles. The predicted molar refractivity (Wildman–Crippen MR) is 58.0 cm³/mol. The Bertz CT molecular complexity index is 526. The van der Waals surface area contributed by atoms with Crippen LogP contribution in [0, 0.1) is 10.1 Å². The normalized spacial score (nSPS) is 10.0. The highest BCUT2D eigenvalue weighted by molar-refractivity contribution is 5.66. The molecule has 0 spiro atoms. The van der Waals surface area contributed by atoms with Crippen molar-refractivity contribution in [2.24, 2.45) is 0 Å². The molecule has 80 valence electrons. The van der Waals surface area contributed by atoms with Gasteiger partial charge in [0.25, 0.3) is 0 Å². The highest BCUT2D eigenvalue weighted by atomic mass is 16.6. The average Bonchev–Trinajstić information content (AvgIpc) is 2.30. The fourth-order valence-electron chi connectivity index (χ4n) is 1.35. The molecule has 16 heavy (non-hydrogen) atoms. The SMILES string of the molecule is O=[N+]([O-])c1ccc(O)c(-c2ccccc2)n1. The molecule has 1 aromatic heterocycles. The summed E-state index contributed by atoms with van der Waals surface area (Å²) in [6.07, 6.45) is 0. The van der Waals surface area contributed by atoms with Gasteiger partial charge in [0.15, 0.2) is 5.75 Å². The van der Waals surface area contributed by atoms with Gasteiger partial charge in [0.05, 0.1) is 0 Å². The maximum absolute atomic E-state index is 10.6. The van der Waals surface area contributed by atoms with Crippen LogP contribution in [0.3, 0.4) is 0 Å². The number of aromatic nitrogens is 1. The van der Waals surface area contributed by atoms with Crippen LogP contribution in [0.1, 0.15) is 0 Å². The Labute approximate surface area is 91.2 Å². The Balaban J connectivity index is 2.56. The van der Waals surface area contributed by atoms with Crippen molar-refractivity contribution in [3.05, 3.63) is 52.6 Å². The van der Waals surface area contributed by atoms with E-state index in [1.165, 1.54) is 12.1 Å². The van der Waals surface area contributed by atoms with Crippen LogP contribution in [-0.2, 0) is 0 Å². The summed E-state index contributed by atoms with van der Waals surface area (Å²) in [6, 6.07) is 11.3. The number of nitro groups is 1. The number of hydrogen-bond acceptors (Lipinski definition) is 4. The van der Waals surface area contributed by atoms with Crippen molar-refractivity contribution < 1.29 is 10.0 Å². The maximum Gasteiger partial charge on any atom is 0.364 e. The van der Waals surface area contributed by atoms with Gasteiger partial charge < -0.3 is 15.2 Å². The molecule has 0 radical (unpaired) electrons. The summed E-state index contributed by atoms with van der Waals surface area (Å²) in [5, 5.41) is 20.1. The summed E-state index contributed by atoms with van der Waals surface area (Å²) in [4.78, 5) is 13.8. The largest absolute Gasteiger partial charge is 0.504 e. The lowest BCUT2D eigenvalue weighted by Gasteiger charge is -1.99. The first kappa shape index (κ1) is 10.1. The Hall–Kier alpha value is -2.43. The smallest absolute Gasteiger partial charge is 0.364 e. The summed E-state index contributed by atoms with van der Waals surface area (Å²) >= 11 is 0. The zero-order valence-electron chi connectivity index (χ0n) is 8.20. The topological polar surface area (TPSA) is 76.3 Å². The quantitative estimate of drug-likeness (QED) is 0.617. The highest BCUT2D eigenvalue weighted by Crippen LogP contribution is 2.28. The molecule has 1 aromatic carbocycles. The number of rotatable bonds is 2. The van der Waals surface area contributed by atoms with Gasteiger partial charge in [-0.2, -0.15) is 0 Å². The molecule has 1 N–H and O–H groups in total. The van der Waals surface area contributed by atoms with E-state index < -0.39 is 4.92 Å². The Morgan fingerprint density at radius 3 is 2.44 bits per heavy atom. The van der Waals surface area contributed by atoms with Crippen LogP contribution in [-0.4, -0.2) is 15.0 Å². The van der Waals surface area contributed by atoms with Gasteiger partial charge in [-0.15, -0.1) is 0 Å². The fourth-order valence-corrected chi connectivity index (χ4v) is 1.35. The third-order valence-electron chi connectivity index (χ3n) is 2.09. The van der Waals surface area contributed by atoms with Crippen molar-refractivity contribution in [2.45, 2.75) is 0 Å². The van der Waals surface area contributed by atoms with Crippen molar-refractivity contribution in [1.29, 1.82) is 0 Å². The minimum atomic E-state index is -0.591. The number of benzene rings is 1. The van der Waals surface area contributed by atoms with Gasteiger partial charge in [-0.25, -0.2) is 0 Å². The van der Waals surface area contributed by atoms with E-state index in [0.29, 0.717) is 5.56 Å². The molecule has 2 aromatic rings. The molecule has 0 saturated carbocycles. The van der Waals surface area contributed by atoms with Gasteiger partial charge in [0, 0.05) is 11.6 Å². The minimum Gasteiger partial charge on any atom is -0.504 e. The molecular weight excluding hydrogens is 208 g/mol. The van der Waals surface area contributed by atoms with E-state index in [1.807, 2.05) is 6.07 Å². The molecule has 0 amide bonds. The zero-order valence-corrected chi connectivity index (χ0v) is 8.20. The summed E-state index contributed by atoms with van der Waals surface area (Å²) in [7, 11) is 0. The molecule has 0 bridgehead atoms. The van der Waals surface area contributed by atoms with Crippen molar-refractivity contribution in [1.82, 2.24) is 4.98 Å². The third kappa shape index (κ3) is 1.83. The number of pyridine rings is 1. The average molecular weight is 216 g/mol. The van der Waals surface area contributed by atoms with Gasteiger partial charge in [0.2, 0.25) is 5.69 Å². The first-order valence-electron chi connectivity index (χ1n) is 4.58. The van der Waals surface area contributed by atoms with E-state index in [1.54, 1.807) is 24.3 Å². The van der Waals surface area contributed by atoms with Crippen LogP contribution in [0.4, 0.5) is 5.82 Å². The lowest BCUT2D eigenvalue weighted by atomic mass is 10.1. The molecule has 0 fully saturated rings. The standard InChI is InChI=1S/C11H8N2O3/c14-9-6-7-10(13(15)16)12-11(9)8-4-2-1-3-5-8/h1-7,14H. The van der Waals surface area contributed by atoms with E-state index in [-0.39, 0.29) is 17.3 Å². The van der Waals surface area contributed by atoms with Gasteiger partial charge in [-0.05, 0) is 16.0 Å². The van der Waals surface area contributed by atoms with Gasteiger partial charge in [0.1, 0.15) is 0 Å². The van der Waals surface area contributed by atoms with Gasteiger partial charge in [-0.1, -0.05) is 30.3 Å². The highest BCUT2D eigenvalue weighted by Gasteiger charge is 2.16. The molecular formula is C11H8N2O3. The fraction of sp³-hybridized carbons (Fsp3) is 0. The van der Waals surface area contributed by atoms with E-state index in [2.05, 4.69) is 4.98 Å². The molecule has 0 unspecified atom stereocenters. The summed E-state index contributed by atoms with van der Waals surface area (Å²) in [6.45, 7) is 0. The van der Waals surface area contributed by atoms with Crippen molar-refractivity contribution in [2.75, 3.05) is 0 Å². The lowest BCUT2D eigenvalue weighted by Crippen LogP contribution is -1.93. The Morgan fingerprint density at radius 1 is 1.12 bits per heavy atom. The molecule has 0 aliphatic rings. The van der Waals surface area contributed by atoms with Crippen LogP contribution in [0.2, 0.25) is 0 Å². The van der Waals surface area contributed by atoms with Gasteiger partial charge in [-0.3, -0.25) is 0 Å². The van der Waals surface area contributed by atoms with Gasteiger partial charge >= 0.3 is 5.82 Å². The first-order chi connectivity index (χ1) is 7.68. The second kappa shape index (κ2) is 3.98. The molecule has 1 heterocycles.